The van der Waals surface area contributed by atoms with Crippen LogP contribution in [-0.4, -0.2) is 16.3 Å². The first kappa shape index (κ1) is 14.5. The van der Waals surface area contributed by atoms with Gasteiger partial charge >= 0.3 is 0 Å². The van der Waals surface area contributed by atoms with Crippen LogP contribution in [0.5, 0.6) is 0 Å². The largest absolute Gasteiger partial charge is 0.382 e. The molecule has 2 nitrogen and oxygen atoms in total. The predicted octanol–water partition coefficient (Wildman–Crippen LogP) is 3.80. The molecule has 1 heterocycles. The van der Waals surface area contributed by atoms with Crippen molar-refractivity contribution in [1.82, 2.24) is 0 Å². The Bertz CT molecular complexity index is 462. The summed E-state index contributed by atoms with van der Waals surface area (Å²) in [6.07, 6.45) is 2.80. The monoisotopic (exact) mass is 262 g/mol. The minimum atomic E-state index is -0.916. The second-order valence-corrected chi connectivity index (χ2v) is 6.86. The number of aryl methyl sites for hydroxylation is 1. The number of aliphatic hydroxyl groups is 1. The molecule has 1 aromatic carbocycles. The molecule has 0 amide bonds. The number of hydrogen-bond donors (Lipinski definition) is 1. The normalized spacial score (nSPS) is 28.5. The molecule has 1 atom stereocenters. The summed E-state index contributed by atoms with van der Waals surface area (Å²) in [5, 5.41) is 11.2. The fourth-order valence-electron chi connectivity index (χ4n) is 3.36. The van der Waals surface area contributed by atoms with Crippen LogP contribution in [0.1, 0.15) is 58.6 Å². The first-order chi connectivity index (χ1) is 8.70. The highest BCUT2D eigenvalue weighted by molar-refractivity contribution is 5.32. The Balaban J connectivity index is 2.42. The summed E-state index contributed by atoms with van der Waals surface area (Å²) in [6, 6.07) is 8.33. The maximum absolute atomic E-state index is 11.2. The van der Waals surface area contributed by atoms with Gasteiger partial charge < -0.3 is 9.84 Å². The topological polar surface area (TPSA) is 29.5 Å². The van der Waals surface area contributed by atoms with Crippen molar-refractivity contribution in [2.75, 3.05) is 0 Å². The average molecular weight is 262 g/mol. The van der Waals surface area contributed by atoms with Gasteiger partial charge in [0.2, 0.25) is 0 Å². The number of ether oxygens (including phenoxy) is 1. The van der Waals surface area contributed by atoms with Gasteiger partial charge in [-0.2, -0.15) is 0 Å². The summed E-state index contributed by atoms with van der Waals surface area (Å²) in [5.41, 5.74) is 0.489. The van der Waals surface area contributed by atoms with Crippen molar-refractivity contribution < 1.29 is 9.84 Å². The first-order valence-electron chi connectivity index (χ1n) is 7.22. The zero-order valence-electron chi connectivity index (χ0n) is 12.8. The van der Waals surface area contributed by atoms with E-state index in [0.717, 1.165) is 18.4 Å². The Morgan fingerprint density at radius 2 is 1.89 bits per heavy atom. The van der Waals surface area contributed by atoms with Crippen LogP contribution in [0.4, 0.5) is 0 Å². The van der Waals surface area contributed by atoms with Gasteiger partial charge in [0.25, 0.3) is 0 Å². The van der Waals surface area contributed by atoms with E-state index >= 15 is 0 Å². The van der Waals surface area contributed by atoms with Crippen molar-refractivity contribution in [3.05, 3.63) is 35.4 Å². The van der Waals surface area contributed by atoms with Crippen LogP contribution in [0, 0.1) is 0 Å². The van der Waals surface area contributed by atoms with Gasteiger partial charge in [-0.25, -0.2) is 0 Å². The summed E-state index contributed by atoms with van der Waals surface area (Å²) in [5.74, 6) is 0. The Hall–Kier alpha value is -0.860. The van der Waals surface area contributed by atoms with Crippen molar-refractivity contribution in [1.29, 1.82) is 0 Å². The smallest absolute Gasteiger partial charge is 0.121 e. The molecular formula is C17H26O2. The van der Waals surface area contributed by atoms with E-state index in [1.165, 1.54) is 5.56 Å². The quantitative estimate of drug-likeness (QED) is 0.897. The Kier molecular flexibility index (Phi) is 3.53. The molecule has 1 saturated heterocycles. The molecular weight excluding hydrogens is 236 g/mol. The molecule has 2 heteroatoms. The molecule has 0 spiro atoms. The van der Waals surface area contributed by atoms with Crippen molar-refractivity contribution in [2.24, 2.45) is 0 Å². The highest BCUT2D eigenvalue weighted by atomic mass is 16.5. The van der Waals surface area contributed by atoms with Gasteiger partial charge in [0.15, 0.2) is 0 Å². The molecule has 2 rings (SSSR count). The van der Waals surface area contributed by atoms with Gasteiger partial charge in [-0.15, -0.1) is 0 Å². The third kappa shape index (κ3) is 2.56. The number of benzene rings is 1. The molecule has 19 heavy (non-hydrogen) atoms. The van der Waals surface area contributed by atoms with Crippen LogP contribution in [0.2, 0.25) is 0 Å². The minimum Gasteiger partial charge on any atom is -0.382 e. The lowest BCUT2D eigenvalue weighted by atomic mass is 9.76. The van der Waals surface area contributed by atoms with Gasteiger partial charge in [0.1, 0.15) is 5.60 Å². The molecule has 1 fully saturated rings. The molecule has 1 aliphatic rings. The summed E-state index contributed by atoms with van der Waals surface area (Å²) in [7, 11) is 0. The van der Waals surface area contributed by atoms with Crippen molar-refractivity contribution in [3.63, 3.8) is 0 Å². The Morgan fingerprint density at radius 3 is 2.42 bits per heavy atom. The van der Waals surface area contributed by atoms with Gasteiger partial charge in [-0.05, 0) is 45.2 Å². The average Bonchev–Trinajstić information content (AvgIpc) is 2.44. The molecule has 1 aliphatic heterocycles. The maximum Gasteiger partial charge on any atom is 0.121 e. The van der Waals surface area contributed by atoms with Crippen molar-refractivity contribution in [3.8, 4) is 0 Å². The second-order valence-electron chi connectivity index (χ2n) is 6.86. The van der Waals surface area contributed by atoms with Crippen LogP contribution in [0.15, 0.2) is 24.3 Å². The van der Waals surface area contributed by atoms with E-state index in [4.69, 9.17) is 4.74 Å². The minimum absolute atomic E-state index is 0.293. The van der Waals surface area contributed by atoms with Gasteiger partial charge in [0, 0.05) is 6.42 Å². The lowest BCUT2D eigenvalue weighted by Gasteiger charge is -2.35. The summed E-state index contributed by atoms with van der Waals surface area (Å²) < 4.78 is 6.06. The predicted molar refractivity (Wildman–Crippen MR) is 78.2 cm³/mol. The van der Waals surface area contributed by atoms with Gasteiger partial charge in [0.05, 0.1) is 11.2 Å². The van der Waals surface area contributed by atoms with E-state index in [1.807, 2.05) is 39.8 Å². The van der Waals surface area contributed by atoms with Crippen LogP contribution < -0.4 is 0 Å². The second kappa shape index (κ2) is 4.60. The number of hydrogen-bond acceptors (Lipinski definition) is 2. The first-order valence-corrected chi connectivity index (χ1v) is 7.22. The van der Waals surface area contributed by atoms with Crippen molar-refractivity contribution in [2.45, 2.75) is 70.7 Å². The summed E-state index contributed by atoms with van der Waals surface area (Å²) in [4.78, 5) is 0. The van der Waals surface area contributed by atoms with Gasteiger partial charge in [-0.1, -0.05) is 37.6 Å². The lowest BCUT2D eigenvalue weighted by molar-refractivity contribution is -0.129. The standard InChI is InChI=1S/C17H26O2/c1-6-8-13-9-7-10-14(11-13)17(18)12-15(2,3)19-16(17,4)5/h7,9-11,18H,6,8,12H2,1-5H3. The SMILES string of the molecule is CCCc1cccc(C2(O)CC(C)(C)OC2(C)C)c1. The summed E-state index contributed by atoms with van der Waals surface area (Å²) in [6.45, 7) is 10.2. The van der Waals surface area contributed by atoms with Crippen molar-refractivity contribution >= 4 is 0 Å². The molecule has 0 aliphatic carbocycles. The highest BCUT2D eigenvalue weighted by Gasteiger charge is 2.57. The van der Waals surface area contributed by atoms with E-state index in [1.54, 1.807) is 0 Å². The van der Waals surface area contributed by atoms with Crippen LogP contribution in [0.25, 0.3) is 0 Å². The van der Waals surface area contributed by atoms with E-state index in [9.17, 15) is 5.11 Å². The third-order valence-corrected chi connectivity index (χ3v) is 4.15. The zero-order chi connectivity index (χ0) is 14.3. The highest BCUT2D eigenvalue weighted by Crippen LogP contribution is 2.50. The lowest BCUT2D eigenvalue weighted by Crippen LogP contribution is -2.43. The van der Waals surface area contributed by atoms with Gasteiger partial charge in [-0.3, -0.25) is 0 Å². The molecule has 106 valence electrons. The molecule has 0 radical (unpaired) electrons. The third-order valence-electron chi connectivity index (χ3n) is 4.15. The molecule has 0 bridgehead atoms. The Labute approximate surface area is 116 Å². The van der Waals surface area contributed by atoms with Crippen LogP contribution in [0.3, 0.4) is 0 Å². The molecule has 0 saturated carbocycles. The number of rotatable bonds is 3. The van der Waals surface area contributed by atoms with E-state index in [0.29, 0.717) is 6.42 Å². The fraction of sp³-hybridized carbons (Fsp3) is 0.647. The van der Waals surface area contributed by atoms with E-state index in [2.05, 4.69) is 19.1 Å². The molecule has 0 aromatic heterocycles. The van der Waals surface area contributed by atoms with Crippen LogP contribution in [-0.2, 0) is 16.8 Å². The fourth-order valence-corrected chi connectivity index (χ4v) is 3.36. The maximum atomic E-state index is 11.2. The van der Waals surface area contributed by atoms with Crippen LogP contribution >= 0.6 is 0 Å². The zero-order valence-corrected chi connectivity index (χ0v) is 12.8. The van der Waals surface area contributed by atoms with E-state index < -0.39 is 11.2 Å². The van der Waals surface area contributed by atoms with E-state index in [-0.39, 0.29) is 5.60 Å². The molecule has 1 aromatic rings. The molecule has 1 unspecified atom stereocenters. The Morgan fingerprint density at radius 1 is 1.21 bits per heavy atom. The molecule has 1 N–H and O–H groups in total. The summed E-state index contributed by atoms with van der Waals surface area (Å²) >= 11 is 0.